The SMILES string of the molecule is O=C(NC1CCCC(C(F)(F)F)C1)c1ccc2nc(Cc3c(Cl)cccc3Cl)[nH]c2c1. The summed E-state index contributed by atoms with van der Waals surface area (Å²) >= 11 is 12.5. The van der Waals surface area contributed by atoms with Crippen LogP contribution in [0.2, 0.25) is 10.0 Å². The van der Waals surface area contributed by atoms with Gasteiger partial charge in [-0.1, -0.05) is 35.7 Å². The second-order valence-corrected chi connectivity index (χ2v) is 8.68. The van der Waals surface area contributed by atoms with E-state index in [1.165, 1.54) is 0 Å². The molecule has 1 heterocycles. The van der Waals surface area contributed by atoms with Gasteiger partial charge in [0.15, 0.2) is 0 Å². The summed E-state index contributed by atoms with van der Waals surface area (Å²) in [6.07, 6.45) is -2.79. The molecule has 9 heteroatoms. The zero-order valence-electron chi connectivity index (χ0n) is 16.4. The zero-order valence-corrected chi connectivity index (χ0v) is 17.9. The van der Waals surface area contributed by atoms with E-state index in [4.69, 9.17) is 23.2 Å². The number of amides is 1. The summed E-state index contributed by atoms with van der Waals surface area (Å²) in [6.45, 7) is 0. The average molecular weight is 470 g/mol. The monoisotopic (exact) mass is 469 g/mol. The summed E-state index contributed by atoms with van der Waals surface area (Å²) < 4.78 is 39.1. The molecule has 1 aromatic heterocycles. The Bertz CT molecular complexity index is 1090. The number of aromatic amines is 1. The lowest BCUT2D eigenvalue weighted by Gasteiger charge is -2.31. The molecule has 2 aromatic carbocycles. The number of carbonyl (C=O) groups is 1. The molecule has 1 amide bonds. The van der Waals surface area contributed by atoms with Gasteiger partial charge in [0.2, 0.25) is 0 Å². The molecule has 0 radical (unpaired) electrons. The van der Waals surface area contributed by atoms with E-state index in [1.54, 1.807) is 36.4 Å². The summed E-state index contributed by atoms with van der Waals surface area (Å²) in [5.74, 6) is -1.11. The minimum absolute atomic E-state index is 0.0791. The first-order chi connectivity index (χ1) is 14.7. The van der Waals surface area contributed by atoms with E-state index in [0.717, 1.165) is 5.56 Å². The van der Waals surface area contributed by atoms with Crippen molar-refractivity contribution in [3.63, 3.8) is 0 Å². The van der Waals surface area contributed by atoms with Crippen LogP contribution in [0.15, 0.2) is 36.4 Å². The van der Waals surface area contributed by atoms with Crippen LogP contribution in [0.5, 0.6) is 0 Å². The van der Waals surface area contributed by atoms with E-state index in [0.29, 0.717) is 51.7 Å². The highest BCUT2D eigenvalue weighted by atomic mass is 35.5. The maximum absolute atomic E-state index is 13.0. The minimum atomic E-state index is -4.22. The Balaban J connectivity index is 1.48. The van der Waals surface area contributed by atoms with Gasteiger partial charge in [0.25, 0.3) is 5.91 Å². The molecule has 0 spiro atoms. The van der Waals surface area contributed by atoms with E-state index in [-0.39, 0.29) is 18.7 Å². The van der Waals surface area contributed by atoms with Crippen molar-refractivity contribution in [3.05, 3.63) is 63.4 Å². The van der Waals surface area contributed by atoms with Crippen molar-refractivity contribution >= 4 is 40.1 Å². The van der Waals surface area contributed by atoms with Crippen molar-refractivity contribution in [1.82, 2.24) is 15.3 Å². The number of fused-ring (bicyclic) bond motifs is 1. The third-order valence-corrected chi connectivity index (χ3v) is 6.38. The molecule has 0 saturated heterocycles. The highest BCUT2D eigenvalue weighted by Gasteiger charge is 2.42. The van der Waals surface area contributed by atoms with Crippen LogP contribution in [0, 0.1) is 5.92 Å². The van der Waals surface area contributed by atoms with Crippen molar-refractivity contribution in [2.45, 2.75) is 44.3 Å². The van der Waals surface area contributed by atoms with Gasteiger partial charge in [0, 0.05) is 28.1 Å². The van der Waals surface area contributed by atoms with E-state index in [9.17, 15) is 18.0 Å². The van der Waals surface area contributed by atoms with E-state index >= 15 is 0 Å². The van der Waals surface area contributed by atoms with E-state index in [1.807, 2.05) is 0 Å². The lowest BCUT2D eigenvalue weighted by Crippen LogP contribution is -2.41. The Morgan fingerprint density at radius 1 is 1.16 bits per heavy atom. The topological polar surface area (TPSA) is 57.8 Å². The third-order valence-electron chi connectivity index (χ3n) is 5.67. The molecule has 0 bridgehead atoms. The van der Waals surface area contributed by atoms with Gasteiger partial charge in [-0.3, -0.25) is 4.79 Å². The fourth-order valence-corrected chi connectivity index (χ4v) is 4.57. The Morgan fingerprint density at radius 2 is 1.90 bits per heavy atom. The molecule has 1 saturated carbocycles. The van der Waals surface area contributed by atoms with Crippen molar-refractivity contribution in [2.24, 2.45) is 5.92 Å². The Morgan fingerprint density at radius 3 is 2.61 bits per heavy atom. The molecule has 2 atom stereocenters. The number of aromatic nitrogens is 2. The number of nitrogens with zero attached hydrogens (tertiary/aromatic N) is 1. The number of H-pyrrole nitrogens is 1. The lowest BCUT2D eigenvalue weighted by molar-refractivity contribution is -0.183. The number of alkyl halides is 3. The van der Waals surface area contributed by atoms with Crippen molar-refractivity contribution < 1.29 is 18.0 Å². The summed E-state index contributed by atoms with van der Waals surface area (Å²) in [6, 6.07) is 9.76. The van der Waals surface area contributed by atoms with Crippen LogP contribution >= 0.6 is 23.2 Å². The molecule has 2 unspecified atom stereocenters. The van der Waals surface area contributed by atoms with Crippen molar-refractivity contribution in [1.29, 1.82) is 0 Å². The zero-order chi connectivity index (χ0) is 22.2. The predicted molar refractivity (Wildman–Crippen MR) is 115 cm³/mol. The first-order valence-electron chi connectivity index (χ1n) is 10.00. The number of benzene rings is 2. The van der Waals surface area contributed by atoms with E-state index in [2.05, 4.69) is 15.3 Å². The second-order valence-electron chi connectivity index (χ2n) is 7.87. The summed E-state index contributed by atoms with van der Waals surface area (Å²) in [4.78, 5) is 20.3. The molecule has 3 aromatic rings. The summed E-state index contributed by atoms with van der Waals surface area (Å²) in [5.41, 5.74) is 2.44. The second kappa shape index (κ2) is 8.71. The first-order valence-corrected chi connectivity index (χ1v) is 10.8. The summed E-state index contributed by atoms with van der Waals surface area (Å²) in [5, 5.41) is 3.83. The van der Waals surface area contributed by atoms with Gasteiger partial charge < -0.3 is 10.3 Å². The first kappa shape index (κ1) is 22.0. The van der Waals surface area contributed by atoms with Crippen molar-refractivity contribution in [2.75, 3.05) is 0 Å². The van der Waals surface area contributed by atoms with Gasteiger partial charge >= 0.3 is 6.18 Å². The van der Waals surface area contributed by atoms with Gasteiger partial charge in [0.05, 0.1) is 17.0 Å². The number of hydrogen-bond acceptors (Lipinski definition) is 2. The fraction of sp³-hybridized carbons (Fsp3) is 0.364. The maximum atomic E-state index is 13.0. The highest BCUT2D eigenvalue weighted by Crippen LogP contribution is 2.37. The van der Waals surface area contributed by atoms with Gasteiger partial charge in [-0.2, -0.15) is 13.2 Å². The van der Waals surface area contributed by atoms with Crippen LogP contribution in [-0.4, -0.2) is 28.1 Å². The van der Waals surface area contributed by atoms with Crippen LogP contribution in [-0.2, 0) is 6.42 Å². The van der Waals surface area contributed by atoms with Gasteiger partial charge in [-0.25, -0.2) is 4.98 Å². The van der Waals surface area contributed by atoms with Crippen LogP contribution in [0.1, 0.15) is 47.4 Å². The quantitative estimate of drug-likeness (QED) is 0.470. The highest BCUT2D eigenvalue weighted by molar-refractivity contribution is 6.36. The number of halogens is 5. The molecule has 31 heavy (non-hydrogen) atoms. The molecule has 164 valence electrons. The average Bonchev–Trinajstić information content (AvgIpc) is 3.12. The molecule has 1 fully saturated rings. The van der Waals surface area contributed by atoms with E-state index < -0.39 is 18.1 Å². The Hall–Kier alpha value is -2.25. The summed E-state index contributed by atoms with van der Waals surface area (Å²) in [7, 11) is 0. The van der Waals surface area contributed by atoms with Crippen molar-refractivity contribution in [3.8, 4) is 0 Å². The number of nitrogens with one attached hydrogen (secondary N) is 2. The van der Waals surface area contributed by atoms with Crippen LogP contribution in [0.3, 0.4) is 0 Å². The number of rotatable bonds is 4. The standard InChI is InChI=1S/C22H20Cl2F3N3O/c23-16-5-2-6-17(24)15(16)11-20-29-18-8-7-12(9-19(18)30-20)21(31)28-14-4-1-3-13(10-14)22(25,26)27/h2,5-9,13-14H,1,3-4,10-11H2,(H,28,31)(H,29,30). The molecule has 4 nitrogen and oxygen atoms in total. The number of carbonyl (C=O) groups excluding carboxylic acids is 1. The Kier molecular flexibility index (Phi) is 6.17. The molecular weight excluding hydrogens is 450 g/mol. The molecule has 2 N–H and O–H groups in total. The smallest absolute Gasteiger partial charge is 0.349 e. The largest absolute Gasteiger partial charge is 0.391 e. The molecule has 1 aliphatic rings. The molecular formula is C22H20Cl2F3N3O. The van der Waals surface area contributed by atoms with Crippen LogP contribution < -0.4 is 5.32 Å². The molecule has 0 aliphatic heterocycles. The predicted octanol–water partition coefficient (Wildman–Crippen LogP) is 6.31. The minimum Gasteiger partial charge on any atom is -0.349 e. The molecule has 1 aliphatic carbocycles. The van der Waals surface area contributed by atoms with Crippen LogP contribution in [0.4, 0.5) is 13.2 Å². The van der Waals surface area contributed by atoms with Crippen LogP contribution in [0.25, 0.3) is 11.0 Å². The normalized spacial score (nSPS) is 19.5. The fourth-order valence-electron chi connectivity index (χ4n) is 4.04. The number of hydrogen-bond donors (Lipinski definition) is 2. The lowest BCUT2D eigenvalue weighted by atomic mass is 9.85. The maximum Gasteiger partial charge on any atom is 0.391 e. The van der Waals surface area contributed by atoms with Gasteiger partial charge in [-0.05, 0) is 55.2 Å². The Labute approximate surface area is 187 Å². The van der Waals surface area contributed by atoms with Gasteiger partial charge in [-0.15, -0.1) is 0 Å². The third kappa shape index (κ3) is 4.99. The van der Waals surface area contributed by atoms with Gasteiger partial charge in [0.1, 0.15) is 5.82 Å². The number of imidazole rings is 1. The molecule has 4 rings (SSSR count).